The molecular formula is C17H27NOS. The largest absolute Gasteiger partial charge is 0.497 e. The van der Waals surface area contributed by atoms with Crippen molar-refractivity contribution in [3.63, 3.8) is 0 Å². The van der Waals surface area contributed by atoms with Gasteiger partial charge in [0.05, 0.1) is 7.11 Å². The van der Waals surface area contributed by atoms with Crippen LogP contribution in [0.4, 0.5) is 0 Å². The lowest BCUT2D eigenvalue weighted by Crippen LogP contribution is -2.22. The zero-order chi connectivity index (χ0) is 14.5. The van der Waals surface area contributed by atoms with Gasteiger partial charge in [0, 0.05) is 17.5 Å². The topological polar surface area (TPSA) is 12.5 Å². The highest BCUT2D eigenvalue weighted by Gasteiger charge is 2.25. The molecule has 0 spiro atoms. The van der Waals surface area contributed by atoms with E-state index < -0.39 is 0 Å². The van der Waals surface area contributed by atoms with Crippen molar-refractivity contribution in [3.8, 4) is 5.75 Å². The zero-order valence-electron chi connectivity index (χ0n) is 13.2. The number of benzene rings is 1. The maximum atomic E-state index is 5.35. The number of hydrogen-bond acceptors (Lipinski definition) is 3. The van der Waals surface area contributed by atoms with E-state index in [9.17, 15) is 0 Å². The Morgan fingerprint density at radius 2 is 2.00 bits per heavy atom. The molecule has 0 saturated carbocycles. The summed E-state index contributed by atoms with van der Waals surface area (Å²) in [6.07, 6.45) is 6.70. The van der Waals surface area contributed by atoms with Crippen LogP contribution in [0.25, 0.3) is 0 Å². The third kappa shape index (κ3) is 3.70. The van der Waals surface area contributed by atoms with Crippen LogP contribution in [0.1, 0.15) is 50.2 Å². The Bertz CT molecular complexity index is 424. The first-order valence-corrected chi connectivity index (χ1v) is 8.53. The Morgan fingerprint density at radius 3 is 2.60 bits per heavy atom. The summed E-state index contributed by atoms with van der Waals surface area (Å²) in [4.78, 5) is 1.41. The molecule has 1 aromatic rings. The normalized spacial score (nSPS) is 19.5. The summed E-state index contributed by atoms with van der Waals surface area (Å²) in [6.45, 7) is 7.89. The van der Waals surface area contributed by atoms with Gasteiger partial charge in [0.1, 0.15) is 5.75 Å². The second kappa shape index (κ2) is 7.37. The molecule has 0 N–H and O–H groups in total. The van der Waals surface area contributed by atoms with E-state index in [4.69, 9.17) is 4.74 Å². The monoisotopic (exact) mass is 293 g/mol. The minimum Gasteiger partial charge on any atom is -0.497 e. The molecule has 2 rings (SSSR count). The first-order valence-electron chi connectivity index (χ1n) is 7.75. The van der Waals surface area contributed by atoms with E-state index >= 15 is 0 Å². The number of unbranched alkanes of at least 4 members (excludes halogenated alkanes) is 1. The predicted molar refractivity (Wildman–Crippen MR) is 87.6 cm³/mol. The van der Waals surface area contributed by atoms with Gasteiger partial charge in [-0.2, -0.15) is 0 Å². The van der Waals surface area contributed by atoms with Crippen molar-refractivity contribution in [1.82, 2.24) is 4.31 Å². The number of hydrogen-bond donors (Lipinski definition) is 0. The molecule has 20 heavy (non-hydrogen) atoms. The first kappa shape index (κ1) is 15.7. The van der Waals surface area contributed by atoms with Crippen LogP contribution in [0, 0.1) is 13.8 Å². The van der Waals surface area contributed by atoms with Crippen LogP contribution in [-0.2, 0) is 0 Å². The maximum absolute atomic E-state index is 5.35. The highest BCUT2D eigenvalue weighted by molar-refractivity contribution is 7.97. The number of nitrogens with zero attached hydrogens (tertiary/aromatic N) is 1. The van der Waals surface area contributed by atoms with Gasteiger partial charge in [-0.3, -0.25) is 0 Å². The lowest BCUT2D eigenvalue weighted by Gasteiger charge is -2.25. The van der Waals surface area contributed by atoms with Gasteiger partial charge in [0.25, 0.3) is 0 Å². The fourth-order valence-corrected chi connectivity index (χ4v) is 4.17. The molecule has 0 amide bonds. The molecule has 112 valence electrons. The summed E-state index contributed by atoms with van der Waals surface area (Å²) in [5.74, 6) is 0.966. The smallest absolute Gasteiger partial charge is 0.119 e. The molecule has 0 radical (unpaired) electrons. The van der Waals surface area contributed by atoms with Gasteiger partial charge >= 0.3 is 0 Å². The van der Waals surface area contributed by atoms with Crippen molar-refractivity contribution in [1.29, 1.82) is 0 Å². The van der Waals surface area contributed by atoms with Crippen molar-refractivity contribution in [3.05, 3.63) is 23.3 Å². The third-order valence-corrected chi connectivity index (χ3v) is 5.63. The summed E-state index contributed by atoms with van der Waals surface area (Å²) in [5.41, 5.74) is 2.65. The predicted octanol–water partition coefficient (Wildman–Crippen LogP) is 4.97. The van der Waals surface area contributed by atoms with Gasteiger partial charge in [-0.15, -0.1) is 0 Å². The fourth-order valence-electron chi connectivity index (χ4n) is 2.95. The molecule has 1 aliphatic heterocycles. The van der Waals surface area contributed by atoms with Crippen molar-refractivity contribution in [2.45, 2.75) is 63.8 Å². The second-order valence-corrected chi connectivity index (χ2v) is 6.82. The molecule has 1 atom stereocenters. The van der Waals surface area contributed by atoms with E-state index in [-0.39, 0.29) is 0 Å². The Morgan fingerprint density at radius 1 is 1.30 bits per heavy atom. The summed E-state index contributed by atoms with van der Waals surface area (Å²) < 4.78 is 7.96. The van der Waals surface area contributed by atoms with E-state index in [2.05, 4.69) is 37.2 Å². The van der Waals surface area contributed by atoms with Crippen molar-refractivity contribution >= 4 is 11.9 Å². The minimum atomic E-state index is 0.765. The van der Waals surface area contributed by atoms with Crippen LogP contribution in [0.2, 0.25) is 0 Å². The third-order valence-electron chi connectivity index (χ3n) is 4.09. The molecule has 3 heteroatoms. The van der Waals surface area contributed by atoms with E-state index in [0.717, 1.165) is 11.8 Å². The molecule has 1 fully saturated rings. The number of ether oxygens (including phenoxy) is 1. The Kier molecular flexibility index (Phi) is 5.79. The second-order valence-electron chi connectivity index (χ2n) is 5.76. The van der Waals surface area contributed by atoms with Gasteiger partial charge < -0.3 is 4.74 Å². The minimum absolute atomic E-state index is 0.765. The van der Waals surface area contributed by atoms with E-state index in [1.165, 1.54) is 54.7 Å². The summed E-state index contributed by atoms with van der Waals surface area (Å²) in [5, 5.41) is 0. The van der Waals surface area contributed by atoms with Crippen molar-refractivity contribution in [2.75, 3.05) is 13.7 Å². The lowest BCUT2D eigenvalue weighted by atomic mass is 10.1. The van der Waals surface area contributed by atoms with Crippen LogP contribution in [0.15, 0.2) is 17.0 Å². The Balaban J connectivity index is 2.09. The van der Waals surface area contributed by atoms with E-state index in [0.29, 0.717) is 0 Å². The van der Waals surface area contributed by atoms with Gasteiger partial charge in [0.15, 0.2) is 0 Å². The highest BCUT2D eigenvalue weighted by atomic mass is 32.2. The summed E-state index contributed by atoms with van der Waals surface area (Å²) in [6, 6.07) is 5.06. The quantitative estimate of drug-likeness (QED) is 0.687. The molecule has 1 saturated heterocycles. The fraction of sp³-hybridized carbons (Fsp3) is 0.647. The molecule has 0 aromatic heterocycles. The molecule has 1 aliphatic rings. The molecule has 1 unspecified atom stereocenters. The van der Waals surface area contributed by atoms with Crippen LogP contribution in [-0.4, -0.2) is 24.0 Å². The van der Waals surface area contributed by atoms with Gasteiger partial charge in [-0.05, 0) is 68.3 Å². The first-order chi connectivity index (χ1) is 9.65. The molecule has 0 bridgehead atoms. The molecule has 0 aliphatic carbocycles. The maximum Gasteiger partial charge on any atom is 0.119 e. The zero-order valence-corrected chi connectivity index (χ0v) is 14.1. The molecule has 2 nitrogen and oxygen atoms in total. The summed E-state index contributed by atoms with van der Waals surface area (Å²) in [7, 11) is 1.74. The van der Waals surface area contributed by atoms with Crippen LogP contribution in [0.5, 0.6) is 5.75 Å². The number of rotatable bonds is 6. The van der Waals surface area contributed by atoms with Crippen LogP contribution < -0.4 is 4.74 Å². The molecule has 1 heterocycles. The number of aryl methyl sites for hydroxylation is 2. The average molecular weight is 293 g/mol. The highest BCUT2D eigenvalue weighted by Crippen LogP contribution is 2.37. The SMILES string of the molecule is CCCCC1CCCN1Sc1c(C)cc(OC)cc1C. The van der Waals surface area contributed by atoms with E-state index in [1.54, 1.807) is 7.11 Å². The van der Waals surface area contributed by atoms with E-state index in [1.807, 2.05) is 11.9 Å². The lowest BCUT2D eigenvalue weighted by molar-refractivity contribution is 0.400. The van der Waals surface area contributed by atoms with Gasteiger partial charge in [0.2, 0.25) is 0 Å². The summed E-state index contributed by atoms with van der Waals surface area (Å²) >= 11 is 1.96. The standard InChI is InChI=1S/C17H27NOS/c1-5-6-8-15-9-7-10-18(15)20-17-13(2)11-16(19-4)12-14(17)3/h11-12,15H,5-10H2,1-4H3. The van der Waals surface area contributed by atoms with Crippen LogP contribution >= 0.6 is 11.9 Å². The molecular weight excluding hydrogens is 266 g/mol. The van der Waals surface area contributed by atoms with Gasteiger partial charge in [-0.25, -0.2) is 4.31 Å². The Labute approximate surface area is 128 Å². The van der Waals surface area contributed by atoms with Gasteiger partial charge in [-0.1, -0.05) is 19.8 Å². The Hall–Kier alpha value is -0.670. The van der Waals surface area contributed by atoms with Crippen LogP contribution in [0.3, 0.4) is 0 Å². The molecule has 1 aromatic carbocycles. The number of methoxy groups -OCH3 is 1. The van der Waals surface area contributed by atoms with Crippen molar-refractivity contribution < 1.29 is 4.74 Å². The van der Waals surface area contributed by atoms with Crippen molar-refractivity contribution in [2.24, 2.45) is 0 Å². The average Bonchev–Trinajstić information content (AvgIpc) is 2.87.